The number of likely N-dealkylation sites (N-methyl/N-ethyl adjacent to an activating group) is 1. The van der Waals surface area contributed by atoms with Crippen LogP contribution in [0.25, 0.3) is 0 Å². The van der Waals surface area contributed by atoms with Crippen LogP contribution in [0.4, 0.5) is 4.79 Å². The molecule has 0 spiro atoms. The Balaban J connectivity index is 1.57. The monoisotopic (exact) mass is 576 g/mol. The molecule has 4 rings (SSSR count). The zero-order chi connectivity index (χ0) is 29.6. The molecule has 3 aliphatic heterocycles. The van der Waals surface area contributed by atoms with Gasteiger partial charge in [-0.3, -0.25) is 33.8 Å². The molecule has 3 heterocycles. The lowest BCUT2D eigenvalue weighted by Gasteiger charge is -2.49. The third kappa shape index (κ3) is 4.37. The van der Waals surface area contributed by atoms with Gasteiger partial charge in [-0.25, -0.2) is 9.59 Å². The summed E-state index contributed by atoms with van der Waals surface area (Å²) >= 11 is 1.07. The Morgan fingerprint density at radius 1 is 1.12 bits per heavy atom. The van der Waals surface area contributed by atoms with Crippen molar-refractivity contribution < 1.29 is 43.8 Å². The van der Waals surface area contributed by atoms with Gasteiger partial charge in [0.1, 0.15) is 23.2 Å². The lowest BCUT2D eigenvalue weighted by molar-refractivity contribution is -0.175. The molecular formula is C24H28N6O9S. The lowest BCUT2D eigenvalue weighted by atomic mass is 9.88. The van der Waals surface area contributed by atoms with Crippen LogP contribution < -0.4 is 16.0 Å². The fraction of sp³-hybridized carbons (Fsp3) is 0.458. The predicted molar refractivity (Wildman–Crippen MR) is 137 cm³/mol. The van der Waals surface area contributed by atoms with Crippen molar-refractivity contribution in [3.8, 4) is 5.75 Å². The van der Waals surface area contributed by atoms with Crippen LogP contribution in [0.3, 0.4) is 0 Å². The van der Waals surface area contributed by atoms with Crippen molar-refractivity contribution in [1.82, 2.24) is 30.7 Å². The number of aliphatic carboxylic acids is 1. The van der Waals surface area contributed by atoms with E-state index in [0.29, 0.717) is 4.90 Å². The Kier molecular flexibility index (Phi) is 7.40. The topological polar surface area (TPSA) is 206 Å². The lowest BCUT2D eigenvalue weighted by Crippen LogP contribution is -2.79. The summed E-state index contributed by atoms with van der Waals surface area (Å²) in [6.07, 6.45) is 0.195. The molecule has 4 atom stereocenters. The minimum atomic E-state index is -2.06. The quantitative estimate of drug-likeness (QED) is 0.138. The molecule has 1 aromatic carbocycles. The van der Waals surface area contributed by atoms with Gasteiger partial charge in [0.05, 0.1) is 4.75 Å². The van der Waals surface area contributed by atoms with Crippen molar-refractivity contribution in [2.75, 3.05) is 19.6 Å². The minimum absolute atomic E-state index is 0.0982. The number of phenolic OH excluding ortho intramolecular Hbond substituents is 1. The van der Waals surface area contributed by atoms with Crippen LogP contribution in [-0.2, 0) is 28.8 Å². The summed E-state index contributed by atoms with van der Waals surface area (Å²) in [5.74, 6) is -5.11. The molecule has 0 aromatic heterocycles. The molecule has 0 aliphatic carbocycles. The number of imide groups is 1. The SMILES string of the molecule is CCN1CCN(C(=O)NC(C(=O)N[C@H]2C(=O)N3[C@@H]2SC(C)(C)[C@]3(NC=O)C(=O)O)c2ccc(O)cc2)C(=O)C1=O. The van der Waals surface area contributed by atoms with Crippen LogP contribution in [0.1, 0.15) is 32.4 Å². The first-order valence-electron chi connectivity index (χ1n) is 12.3. The molecule has 5 N–H and O–H groups in total. The fourth-order valence-corrected chi connectivity index (χ4v) is 6.78. The maximum Gasteiger partial charge on any atom is 0.352 e. The summed E-state index contributed by atoms with van der Waals surface area (Å²) in [6, 6.07) is 1.59. The molecule has 0 bridgehead atoms. The molecule has 16 heteroatoms. The summed E-state index contributed by atoms with van der Waals surface area (Å²) in [5, 5.41) is 26.0. The summed E-state index contributed by atoms with van der Waals surface area (Å²) in [4.78, 5) is 90.9. The summed E-state index contributed by atoms with van der Waals surface area (Å²) in [6.45, 7) is 5.08. The van der Waals surface area contributed by atoms with E-state index >= 15 is 0 Å². The number of β-lactam (4-membered cyclic amide) rings is 1. The number of benzene rings is 1. The highest BCUT2D eigenvalue weighted by Crippen LogP contribution is 2.55. The number of phenols is 1. The zero-order valence-corrected chi connectivity index (χ0v) is 22.6. The third-order valence-corrected chi connectivity index (χ3v) is 8.87. The molecule has 3 fully saturated rings. The van der Waals surface area contributed by atoms with Crippen LogP contribution in [0.2, 0.25) is 0 Å². The number of carboxylic acids is 1. The molecule has 40 heavy (non-hydrogen) atoms. The van der Waals surface area contributed by atoms with E-state index in [-0.39, 0.29) is 37.4 Å². The number of carbonyl (C=O) groups is 7. The van der Waals surface area contributed by atoms with E-state index in [2.05, 4.69) is 16.0 Å². The normalized spacial score (nSPS) is 26.0. The van der Waals surface area contributed by atoms with Crippen LogP contribution in [0, 0.1) is 0 Å². The Morgan fingerprint density at radius 2 is 1.77 bits per heavy atom. The number of nitrogens with zero attached hydrogens (tertiary/aromatic N) is 3. The summed E-state index contributed by atoms with van der Waals surface area (Å²) < 4.78 is -1.18. The Morgan fingerprint density at radius 3 is 2.35 bits per heavy atom. The van der Waals surface area contributed by atoms with E-state index in [1.165, 1.54) is 29.2 Å². The number of hydrogen-bond donors (Lipinski definition) is 5. The average Bonchev–Trinajstić information content (AvgIpc) is 3.12. The van der Waals surface area contributed by atoms with Gasteiger partial charge in [0.15, 0.2) is 0 Å². The Bertz CT molecular complexity index is 1290. The van der Waals surface area contributed by atoms with E-state index < -0.39 is 63.5 Å². The second-order valence-electron chi connectivity index (χ2n) is 9.81. The number of amides is 7. The maximum atomic E-state index is 13.5. The fourth-order valence-electron chi connectivity index (χ4n) is 5.08. The van der Waals surface area contributed by atoms with E-state index in [1.807, 2.05) is 0 Å². The largest absolute Gasteiger partial charge is 0.508 e. The van der Waals surface area contributed by atoms with Crippen LogP contribution in [-0.4, -0.2) is 108 Å². The van der Waals surface area contributed by atoms with Gasteiger partial charge in [-0.05, 0) is 38.5 Å². The Labute approximate surface area is 232 Å². The number of carboxylic acid groups (broad SMARTS) is 1. The van der Waals surface area contributed by atoms with Gasteiger partial charge in [0.2, 0.25) is 18.0 Å². The van der Waals surface area contributed by atoms with Crippen LogP contribution in [0.5, 0.6) is 5.75 Å². The van der Waals surface area contributed by atoms with E-state index in [9.17, 15) is 43.8 Å². The molecule has 3 aliphatic rings. The van der Waals surface area contributed by atoms with E-state index in [1.54, 1.807) is 20.8 Å². The number of rotatable bonds is 8. The summed E-state index contributed by atoms with van der Waals surface area (Å²) in [7, 11) is 0. The third-order valence-electron chi connectivity index (χ3n) is 7.26. The highest BCUT2D eigenvalue weighted by molar-refractivity contribution is 8.01. The number of piperazine rings is 1. The molecule has 0 saturated carbocycles. The number of urea groups is 1. The van der Waals surface area contributed by atoms with Crippen LogP contribution in [0.15, 0.2) is 24.3 Å². The number of thioether (sulfide) groups is 1. The van der Waals surface area contributed by atoms with Gasteiger partial charge in [0, 0.05) is 19.6 Å². The van der Waals surface area contributed by atoms with Crippen molar-refractivity contribution in [3.05, 3.63) is 29.8 Å². The molecular weight excluding hydrogens is 548 g/mol. The molecule has 1 unspecified atom stereocenters. The van der Waals surface area contributed by atoms with Gasteiger partial charge < -0.3 is 31.1 Å². The first-order valence-corrected chi connectivity index (χ1v) is 13.1. The highest BCUT2D eigenvalue weighted by Gasteiger charge is 2.73. The van der Waals surface area contributed by atoms with Gasteiger partial charge >= 0.3 is 23.8 Å². The first-order chi connectivity index (χ1) is 18.8. The van der Waals surface area contributed by atoms with Gasteiger partial charge in [-0.15, -0.1) is 11.8 Å². The van der Waals surface area contributed by atoms with Gasteiger partial charge in [-0.1, -0.05) is 12.1 Å². The number of hydrogen-bond acceptors (Lipinski definition) is 9. The standard InChI is InChI=1S/C24H28N6O9S/c1-4-28-9-10-29(19(36)18(28)35)22(39)27-14(12-5-7-13(32)8-6-12)16(33)26-15-17(34)30-20(15)40-23(2,3)24(30,21(37)38)25-11-31/h5-8,11,14-15,20,32H,4,9-10H2,1-3H3,(H,25,31)(H,26,33)(H,27,39)(H,37,38)/t14?,15-,20+,24-/m0/s1. The second-order valence-corrected chi connectivity index (χ2v) is 11.5. The Hall–Kier alpha value is -4.34. The predicted octanol–water partition coefficient (Wildman–Crippen LogP) is -1.46. The first kappa shape index (κ1) is 28.7. The summed E-state index contributed by atoms with van der Waals surface area (Å²) in [5.41, 5.74) is -1.86. The average molecular weight is 577 g/mol. The zero-order valence-electron chi connectivity index (χ0n) is 21.7. The number of fused-ring (bicyclic) bond motifs is 1. The minimum Gasteiger partial charge on any atom is -0.508 e. The smallest absolute Gasteiger partial charge is 0.352 e. The van der Waals surface area contributed by atoms with Crippen molar-refractivity contribution in [1.29, 1.82) is 0 Å². The maximum absolute atomic E-state index is 13.5. The second kappa shape index (κ2) is 10.3. The number of carbonyl (C=O) groups excluding carboxylic acids is 6. The van der Waals surface area contributed by atoms with Crippen molar-refractivity contribution in [2.24, 2.45) is 0 Å². The molecule has 0 radical (unpaired) electrons. The highest BCUT2D eigenvalue weighted by atomic mass is 32.2. The van der Waals surface area contributed by atoms with E-state index in [4.69, 9.17) is 0 Å². The molecule has 214 valence electrons. The van der Waals surface area contributed by atoms with Crippen molar-refractivity contribution in [3.63, 3.8) is 0 Å². The molecule has 7 amide bonds. The van der Waals surface area contributed by atoms with Crippen molar-refractivity contribution >= 4 is 53.8 Å². The molecule has 1 aromatic rings. The number of nitrogens with one attached hydrogen (secondary N) is 3. The molecule has 15 nitrogen and oxygen atoms in total. The van der Waals surface area contributed by atoms with Gasteiger partial charge in [0.25, 0.3) is 5.91 Å². The molecule has 3 saturated heterocycles. The van der Waals surface area contributed by atoms with Crippen molar-refractivity contribution in [2.45, 2.75) is 48.6 Å². The van der Waals surface area contributed by atoms with E-state index in [0.717, 1.165) is 16.7 Å². The van der Waals surface area contributed by atoms with Crippen LogP contribution >= 0.6 is 11.8 Å². The number of aromatic hydroxyl groups is 1. The van der Waals surface area contributed by atoms with Gasteiger partial charge in [-0.2, -0.15) is 0 Å².